The van der Waals surface area contributed by atoms with Crippen LogP contribution in [-0.4, -0.2) is 14.2 Å². The van der Waals surface area contributed by atoms with E-state index in [1.807, 2.05) is 30.3 Å². The zero-order valence-electron chi connectivity index (χ0n) is 13.7. The van der Waals surface area contributed by atoms with E-state index in [9.17, 15) is 0 Å². The van der Waals surface area contributed by atoms with Gasteiger partial charge in [0.1, 0.15) is 0 Å². The van der Waals surface area contributed by atoms with Crippen LogP contribution < -0.4 is 0 Å². The van der Waals surface area contributed by atoms with E-state index in [4.69, 9.17) is 26.0 Å². The van der Waals surface area contributed by atoms with E-state index < -0.39 is 52.5 Å². The van der Waals surface area contributed by atoms with Crippen molar-refractivity contribution in [2.24, 2.45) is 0 Å². The second kappa shape index (κ2) is 8.95. The van der Waals surface area contributed by atoms with Gasteiger partial charge in [0, 0.05) is 0 Å². The van der Waals surface area contributed by atoms with Gasteiger partial charge in [-0.05, 0) is 0 Å². The molecular formula is C17H18Cl2Hg2O2. The Balaban J connectivity index is 2.71. The quantitative estimate of drug-likeness (QED) is 0.303. The molecule has 0 aliphatic heterocycles. The van der Waals surface area contributed by atoms with Gasteiger partial charge in [0.05, 0.1) is 0 Å². The molecule has 0 radical (unpaired) electrons. The first-order valence-corrected chi connectivity index (χ1v) is 26.5. The monoisotopic (exact) mass is 728 g/mol. The number of halogens is 2. The average molecular weight is 726 g/mol. The fourth-order valence-corrected chi connectivity index (χ4v) is 41.8. The first-order valence-electron chi connectivity index (χ1n) is 7.45. The van der Waals surface area contributed by atoms with Crippen molar-refractivity contribution in [3.63, 3.8) is 0 Å². The molecule has 0 aromatic heterocycles. The Hall–Kier alpha value is 0.810. The van der Waals surface area contributed by atoms with Crippen LogP contribution in [0.4, 0.5) is 0 Å². The van der Waals surface area contributed by atoms with Crippen molar-refractivity contribution in [2.75, 3.05) is 14.2 Å². The Morgan fingerprint density at radius 1 is 0.783 bits per heavy atom. The Kier molecular flexibility index (Phi) is 7.84. The molecule has 0 bridgehead atoms. The van der Waals surface area contributed by atoms with Gasteiger partial charge < -0.3 is 0 Å². The number of rotatable bonds is 7. The molecular weight excluding hydrogens is 708 g/mol. The Morgan fingerprint density at radius 2 is 1.30 bits per heavy atom. The van der Waals surface area contributed by atoms with Crippen molar-refractivity contribution in [2.45, 2.75) is 13.1 Å². The van der Waals surface area contributed by atoms with Crippen LogP contribution in [0, 0.1) is 6.92 Å². The SMILES string of the molecule is COC(OC)(c1ccccc1)[C]([Hg][Cl])([Hg][Cl])c1ccc(C)cc1. The molecule has 0 saturated carbocycles. The summed E-state index contributed by atoms with van der Waals surface area (Å²) in [4.78, 5) is 0. The number of methoxy groups -OCH3 is 2. The number of benzene rings is 2. The van der Waals surface area contributed by atoms with Gasteiger partial charge in [-0.15, -0.1) is 0 Å². The second-order valence-electron chi connectivity index (χ2n) is 5.61. The van der Waals surface area contributed by atoms with Crippen molar-refractivity contribution in [1.82, 2.24) is 0 Å². The molecule has 0 N–H and O–H groups in total. The van der Waals surface area contributed by atoms with Crippen LogP contribution in [0.25, 0.3) is 0 Å². The molecule has 2 aromatic rings. The van der Waals surface area contributed by atoms with Crippen LogP contribution in [0.15, 0.2) is 54.6 Å². The fraction of sp³-hybridized carbons (Fsp3) is 0.294. The molecule has 0 fully saturated rings. The zero-order valence-corrected chi connectivity index (χ0v) is 26.2. The molecule has 2 nitrogen and oxygen atoms in total. The molecule has 6 heteroatoms. The van der Waals surface area contributed by atoms with E-state index in [-0.39, 0.29) is 0.432 Å². The molecule has 116 valence electrons. The molecule has 2 aromatic carbocycles. The number of ether oxygens (including phenoxy) is 2. The van der Waals surface area contributed by atoms with Gasteiger partial charge >= 0.3 is 171 Å². The molecule has 0 heterocycles. The van der Waals surface area contributed by atoms with E-state index in [1.165, 1.54) is 11.1 Å². The van der Waals surface area contributed by atoms with Crippen molar-refractivity contribution in [3.8, 4) is 0 Å². The molecule has 0 aliphatic rings. The Morgan fingerprint density at radius 3 is 1.74 bits per heavy atom. The van der Waals surface area contributed by atoms with E-state index >= 15 is 0 Å². The summed E-state index contributed by atoms with van der Waals surface area (Å²) in [5.74, 6) is -0.879. The van der Waals surface area contributed by atoms with Crippen molar-refractivity contribution >= 4 is 16.5 Å². The van der Waals surface area contributed by atoms with Crippen LogP contribution in [0.5, 0.6) is 0 Å². The van der Waals surface area contributed by atoms with Crippen LogP contribution in [0.2, 0.25) is 0 Å². The van der Waals surface area contributed by atoms with Crippen molar-refractivity contribution in [3.05, 3.63) is 71.3 Å². The van der Waals surface area contributed by atoms with Crippen molar-refractivity contribution in [1.29, 1.82) is 0 Å². The summed E-state index contributed by atoms with van der Waals surface area (Å²) in [5.41, 5.74) is 3.40. The summed E-state index contributed by atoms with van der Waals surface area (Å²) in [6.07, 6.45) is 0. The van der Waals surface area contributed by atoms with Crippen LogP contribution in [0.3, 0.4) is 0 Å². The maximum atomic E-state index is 6.72. The summed E-state index contributed by atoms with van der Waals surface area (Å²) >= 11 is -3.86. The van der Waals surface area contributed by atoms with Gasteiger partial charge in [-0.25, -0.2) is 0 Å². The molecule has 0 amide bonds. The van der Waals surface area contributed by atoms with Gasteiger partial charge in [0.25, 0.3) is 0 Å². The molecule has 0 unspecified atom stereocenters. The van der Waals surface area contributed by atoms with E-state index in [1.54, 1.807) is 14.2 Å². The Bertz CT molecular complexity index is 612. The number of hydrogen-bond donors (Lipinski definition) is 0. The summed E-state index contributed by atoms with van der Waals surface area (Å²) in [6, 6.07) is 18.6. The standard InChI is InChI=1S/C17H18O2.2ClH.2Hg/c1-14-9-11-15(12-10-14)13-17(18-2,19-3)16-7-5-4-6-8-16;;;;/h4-12H,1-3H3;2*1H;;/q;;;2*+1/p-2. The molecule has 0 atom stereocenters. The second-order valence-corrected chi connectivity index (χ2v) is 36.9. The van der Waals surface area contributed by atoms with Gasteiger partial charge in [0.2, 0.25) is 0 Å². The third kappa shape index (κ3) is 3.68. The average Bonchev–Trinajstić information content (AvgIpc) is 2.62. The minimum atomic E-state index is -1.93. The molecule has 2 rings (SSSR count). The zero-order chi connectivity index (χ0) is 16.9. The molecule has 0 saturated heterocycles. The van der Waals surface area contributed by atoms with Gasteiger partial charge in [0.15, 0.2) is 0 Å². The predicted molar refractivity (Wildman–Crippen MR) is 86.7 cm³/mol. The molecule has 0 spiro atoms. The first kappa shape index (κ1) is 20.1. The first-order chi connectivity index (χ1) is 11.1. The van der Waals surface area contributed by atoms with Gasteiger partial charge in [-0.2, -0.15) is 0 Å². The van der Waals surface area contributed by atoms with E-state index in [0.717, 1.165) is 5.56 Å². The van der Waals surface area contributed by atoms with Crippen molar-refractivity contribution < 1.29 is 56.2 Å². The third-order valence-electron chi connectivity index (χ3n) is 4.42. The van der Waals surface area contributed by atoms with Crippen LogP contribution >= 0.6 is 16.5 Å². The number of aryl methyl sites for hydroxylation is 1. The summed E-state index contributed by atoms with van der Waals surface area (Å²) in [6.45, 7) is 2.08. The van der Waals surface area contributed by atoms with Gasteiger partial charge in [-0.3, -0.25) is 0 Å². The Labute approximate surface area is 169 Å². The molecule has 23 heavy (non-hydrogen) atoms. The van der Waals surface area contributed by atoms with Crippen LogP contribution in [0.1, 0.15) is 16.7 Å². The normalized spacial score (nSPS) is 11.7. The van der Waals surface area contributed by atoms with E-state index in [2.05, 4.69) is 31.2 Å². The minimum absolute atomic E-state index is 0.283. The predicted octanol–water partition coefficient (Wildman–Crippen LogP) is 4.77. The number of hydrogen-bond acceptors (Lipinski definition) is 2. The van der Waals surface area contributed by atoms with Gasteiger partial charge in [-0.1, -0.05) is 0 Å². The van der Waals surface area contributed by atoms with Crippen LogP contribution in [-0.2, 0) is 62.4 Å². The maximum absolute atomic E-state index is 6.72. The summed E-state index contributed by atoms with van der Waals surface area (Å²) in [7, 11) is 16.8. The fourth-order valence-electron chi connectivity index (χ4n) is 3.07. The van der Waals surface area contributed by atoms with E-state index in [0.29, 0.717) is 0 Å². The third-order valence-corrected chi connectivity index (χ3v) is 61.4. The molecule has 0 aliphatic carbocycles. The summed E-state index contributed by atoms with van der Waals surface area (Å²) < 4.78 is 11.8. The topological polar surface area (TPSA) is 18.5 Å². The summed E-state index contributed by atoms with van der Waals surface area (Å²) in [5, 5.41) is 0.